The molecule has 0 radical (unpaired) electrons. The maximum atomic E-state index is 12.2. The molecule has 2 N–H and O–H groups in total. The van der Waals surface area contributed by atoms with Crippen molar-refractivity contribution in [2.75, 3.05) is 10.6 Å². The van der Waals surface area contributed by atoms with E-state index in [0.717, 1.165) is 16.8 Å². The predicted molar refractivity (Wildman–Crippen MR) is 82.5 cm³/mol. The van der Waals surface area contributed by atoms with Crippen LogP contribution in [-0.4, -0.2) is 11.8 Å². The van der Waals surface area contributed by atoms with Crippen LogP contribution >= 0.6 is 11.3 Å². The van der Waals surface area contributed by atoms with Gasteiger partial charge in [-0.2, -0.15) is 0 Å². The zero-order chi connectivity index (χ0) is 14.7. The zero-order valence-corrected chi connectivity index (χ0v) is 12.4. The molecule has 2 amide bonds. The van der Waals surface area contributed by atoms with E-state index in [1.165, 1.54) is 18.3 Å². The van der Waals surface area contributed by atoms with Gasteiger partial charge >= 0.3 is 0 Å². The molecule has 2 aromatic rings. The van der Waals surface area contributed by atoms with Crippen LogP contribution in [0.5, 0.6) is 0 Å². The Labute approximate surface area is 121 Å². The standard InChI is InChI=1S/C15H16N2O2S/c1-9-4-5-10(2)12(8-9)17-15(19)13-6-7-14(20-13)16-11(3)18/h4-8H,1-3H3,(H,16,18)(H,17,19). The summed E-state index contributed by atoms with van der Waals surface area (Å²) in [5.41, 5.74) is 2.92. The smallest absolute Gasteiger partial charge is 0.265 e. The number of rotatable bonds is 3. The summed E-state index contributed by atoms with van der Waals surface area (Å²) >= 11 is 1.25. The minimum Gasteiger partial charge on any atom is -0.321 e. The summed E-state index contributed by atoms with van der Waals surface area (Å²) in [6, 6.07) is 9.35. The lowest BCUT2D eigenvalue weighted by molar-refractivity contribution is -0.114. The molecular formula is C15H16N2O2S. The largest absolute Gasteiger partial charge is 0.321 e. The summed E-state index contributed by atoms with van der Waals surface area (Å²) in [4.78, 5) is 23.7. The van der Waals surface area contributed by atoms with Crippen molar-refractivity contribution in [3.8, 4) is 0 Å². The van der Waals surface area contributed by atoms with Crippen LogP contribution in [0.4, 0.5) is 10.7 Å². The van der Waals surface area contributed by atoms with E-state index >= 15 is 0 Å². The fourth-order valence-corrected chi connectivity index (χ4v) is 2.60. The van der Waals surface area contributed by atoms with Crippen molar-refractivity contribution in [1.29, 1.82) is 0 Å². The van der Waals surface area contributed by atoms with E-state index in [1.807, 2.05) is 32.0 Å². The molecule has 5 heteroatoms. The van der Waals surface area contributed by atoms with Crippen LogP contribution in [-0.2, 0) is 4.79 Å². The Morgan fingerprint density at radius 2 is 1.80 bits per heavy atom. The Morgan fingerprint density at radius 1 is 1.05 bits per heavy atom. The topological polar surface area (TPSA) is 58.2 Å². The number of hydrogen-bond acceptors (Lipinski definition) is 3. The van der Waals surface area contributed by atoms with Gasteiger partial charge in [-0.1, -0.05) is 12.1 Å². The molecule has 0 aliphatic rings. The molecule has 0 saturated carbocycles. The molecule has 2 rings (SSSR count). The average Bonchev–Trinajstić information content (AvgIpc) is 2.81. The molecule has 0 bridgehead atoms. The van der Waals surface area contributed by atoms with Gasteiger partial charge in [-0.3, -0.25) is 9.59 Å². The molecule has 0 saturated heterocycles. The van der Waals surface area contributed by atoms with Crippen molar-refractivity contribution >= 4 is 33.8 Å². The number of carbonyl (C=O) groups excluding carboxylic acids is 2. The first-order chi connectivity index (χ1) is 9.45. The SMILES string of the molecule is CC(=O)Nc1ccc(C(=O)Nc2cc(C)ccc2C)s1. The molecule has 0 fully saturated rings. The van der Waals surface area contributed by atoms with Crippen LogP contribution in [0.2, 0.25) is 0 Å². The lowest BCUT2D eigenvalue weighted by Gasteiger charge is -2.08. The van der Waals surface area contributed by atoms with Gasteiger partial charge in [-0.05, 0) is 43.2 Å². The molecule has 1 heterocycles. The van der Waals surface area contributed by atoms with E-state index in [9.17, 15) is 9.59 Å². The van der Waals surface area contributed by atoms with Crippen LogP contribution < -0.4 is 10.6 Å². The van der Waals surface area contributed by atoms with E-state index in [-0.39, 0.29) is 11.8 Å². The Hall–Kier alpha value is -2.14. The number of anilines is 2. The molecule has 0 atom stereocenters. The number of aryl methyl sites for hydroxylation is 2. The first-order valence-corrected chi connectivity index (χ1v) is 7.03. The summed E-state index contributed by atoms with van der Waals surface area (Å²) < 4.78 is 0. The molecule has 0 aliphatic heterocycles. The van der Waals surface area contributed by atoms with Gasteiger partial charge in [0, 0.05) is 12.6 Å². The molecule has 0 aliphatic carbocycles. The van der Waals surface area contributed by atoms with Crippen LogP contribution in [0.15, 0.2) is 30.3 Å². The quantitative estimate of drug-likeness (QED) is 0.907. The normalized spacial score (nSPS) is 10.2. The van der Waals surface area contributed by atoms with E-state index in [0.29, 0.717) is 9.88 Å². The van der Waals surface area contributed by atoms with E-state index in [2.05, 4.69) is 10.6 Å². The van der Waals surface area contributed by atoms with Crippen molar-refractivity contribution in [2.24, 2.45) is 0 Å². The lowest BCUT2D eigenvalue weighted by atomic mass is 10.1. The average molecular weight is 288 g/mol. The van der Waals surface area contributed by atoms with Gasteiger partial charge in [0.15, 0.2) is 0 Å². The summed E-state index contributed by atoms with van der Waals surface area (Å²) in [6.45, 7) is 5.37. The second-order valence-corrected chi connectivity index (χ2v) is 5.70. The van der Waals surface area contributed by atoms with Crippen LogP contribution in [0, 0.1) is 13.8 Å². The highest BCUT2D eigenvalue weighted by molar-refractivity contribution is 7.18. The Kier molecular flexibility index (Phi) is 4.20. The summed E-state index contributed by atoms with van der Waals surface area (Å²) in [6.07, 6.45) is 0. The van der Waals surface area contributed by atoms with Crippen molar-refractivity contribution < 1.29 is 9.59 Å². The fourth-order valence-electron chi connectivity index (χ4n) is 1.76. The summed E-state index contributed by atoms with van der Waals surface area (Å²) in [5.74, 6) is -0.311. The maximum Gasteiger partial charge on any atom is 0.265 e. The molecule has 1 aromatic carbocycles. The molecule has 0 unspecified atom stereocenters. The van der Waals surface area contributed by atoms with Crippen LogP contribution in [0.1, 0.15) is 27.7 Å². The van der Waals surface area contributed by atoms with Gasteiger partial charge in [-0.25, -0.2) is 0 Å². The zero-order valence-electron chi connectivity index (χ0n) is 11.6. The van der Waals surface area contributed by atoms with Gasteiger partial charge in [-0.15, -0.1) is 11.3 Å². The van der Waals surface area contributed by atoms with Gasteiger partial charge in [0.2, 0.25) is 5.91 Å². The third-order valence-corrected chi connectivity index (χ3v) is 3.77. The Morgan fingerprint density at radius 3 is 2.50 bits per heavy atom. The third kappa shape index (κ3) is 3.45. The van der Waals surface area contributed by atoms with Gasteiger partial charge in [0.1, 0.15) is 0 Å². The Bertz CT molecular complexity index is 662. The summed E-state index contributed by atoms with van der Waals surface area (Å²) in [7, 11) is 0. The highest BCUT2D eigenvalue weighted by Crippen LogP contribution is 2.24. The van der Waals surface area contributed by atoms with Crippen molar-refractivity contribution in [1.82, 2.24) is 0 Å². The number of nitrogens with one attached hydrogen (secondary N) is 2. The molecule has 104 valence electrons. The molecule has 4 nitrogen and oxygen atoms in total. The maximum absolute atomic E-state index is 12.2. The molecular weight excluding hydrogens is 272 g/mol. The van der Waals surface area contributed by atoms with Gasteiger partial charge in [0.05, 0.1) is 9.88 Å². The first-order valence-electron chi connectivity index (χ1n) is 6.22. The number of amides is 2. The number of benzene rings is 1. The van der Waals surface area contributed by atoms with Crippen molar-refractivity contribution in [3.63, 3.8) is 0 Å². The van der Waals surface area contributed by atoms with Crippen molar-refractivity contribution in [2.45, 2.75) is 20.8 Å². The van der Waals surface area contributed by atoms with Gasteiger partial charge in [0.25, 0.3) is 5.91 Å². The van der Waals surface area contributed by atoms with E-state index in [4.69, 9.17) is 0 Å². The molecule has 0 spiro atoms. The number of hydrogen-bond donors (Lipinski definition) is 2. The fraction of sp³-hybridized carbons (Fsp3) is 0.200. The number of thiophene rings is 1. The number of carbonyl (C=O) groups is 2. The molecule has 20 heavy (non-hydrogen) atoms. The monoisotopic (exact) mass is 288 g/mol. The highest BCUT2D eigenvalue weighted by Gasteiger charge is 2.11. The minimum absolute atomic E-state index is 0.145. The predicted octanol–water partition coefficient (Wildman–Crippen LogP) is 3.58. The second-order valence-electron chi connectivity index (χ2n) is 4.62. The van der Waals surface area contributed by atoms with Crippen molar-refractivity contribution in [3.05, 3.63) is 46.3 Å². The highest BCUT2D eigenvalue weighted by atomic mass is 32.1. The molecule has 1 aromatic heterocycles. The Balaban J connectivity index is 2.13. The van der Waals surface area contributed by atoms with Crippen LogP contribution in [0.25, 0.3) is 0 Å². The van der Waals surface area contributed by atoms with E-state index in [1.54, 1.807) is 12.1 Å². The van der Waals surface area contributed by atoms with Crippen LogP contribution in [0.3, 0.4) is 0 Å². The third-order valence-electron chi connectivity index (χ3n) is 2.77. The van der Waals surface area contributed by atoms with E-state index < -0.39 is 0 Å². The van der Waals surface area contributed by atoms with Gasteiger partial charge < -0.3 is 10.6 Å². The minimum atomic E-state index is -0.166. The summed E-state index contributed by atoms with van der Waals surface area (Å²) in [5, 5.41) is 6.23. The second kappa shape index (κ2) is 5.88. The lowest BCUT2D eigenvalue weighted by Crippen LogP contribution is -2.11. The first kappa shape index (κ1) is 14.3.